The molecule has 2 aromatic carbocycles. The number of phenols is 2. The van der Waals surface area contributed by atoms with Gasteiger partial charge in [-0.2, -0.15) is 0 Å². The lowest BCUT2D eigenvalue weighted by Gasteiger charge is -2.24. The lowest BCUT2D eigenvalue weighted by Crippen LogP contribution is -2.17. The van der Waals surface area contributed by atoms with Crippen LogP contribution in [0.15, 0.2) is 36.4 Å². The van der Waals surface area contributed by atoms with Gasteiger partial charge in [-0.05, 0) is 68.7 Å². The van der Waals surface area contributed by atoms with Gasteiger partial charge >= 0.3 is 0 Å². The van der Waals surface area contributed by atoms with E-state index < -0.39 is 0 Å². The van der Waals surface area contributed by atoms with E-state index in [0.29, 0.717) is 25.0 Å². The van der Waals surface area contributed by atoms with E-state index in [9.17, 15) is 20.1 Å². The Balaban J connectivity index is 1.54. The summed E-state index contributed by atoms with van der Waals surface area (Å²) < 4.78 is 6.46. The van der Waals surface area contributed by atoms with Crippen LogP contribution in [0.4, 0.5) is 0 Å². The first-order chi connectivity index (χ1) is 15.4. The fourth-order valence-electron chi connectivity index (χ4n) is 5.34. The average Bonchev–Trinajstić information content (AvgIpc) is 3.31. The highest BCUT2D eigenvalue weighted by Crippen LogP contribution is 2.46. The van der Waals surface area contributed by atoms with Gasteiger partial charge < -0.3 is 20.1 Å². The highest BCUT2D eigenvalue weighted by molar-refractivity contribution is 5.83. The van der Waals surface area contributed by atoms with Crippen molar-refractivity contribution in [2.75, 3.05) is 0 Å². The third-order valence-electron chi connectivity index (χ3n) is 7.01. The molecule has 4 rings (SSSR count). The van der Waals surface area contributed by atoms with Gasteiger partial charge in [0.15, 0.2) is 0 Å². The van der Waals surface area contributed by atoms with Crippen molar-refractivity contribution in [1.82, 2.24) is 0 Å². The summed E-state index contributed by atoms with van der Waals surface area (Å²) in [5.74, 6) is 1.42. The number of carbonyl (C=O) groups excluding carboxylic acids is 1. The number of rotatable bonds is 9. The number of Topliss-reactive ketones (excluding diaryl/α,β-unsaturated/α-hetero) is 1. The van der Waals surface area contributed by atoms with Crippen LogP contribution in [0.2, 0.25) is 0 Å². The van der Waals surface area contributed by atoms with E-state index in [-0.39, 0.29) is 35.5 Å². The van der Waals surface area contributed by atoms with Crippen molar-refractivity contribution in [3.63, 3.8) is 0 Å². The number of aromatic hydroxyl groups is 2. The monoisotopic (exact) mass is 438 g/mol. The highest BCUT2D eigenvalue weighted by atomic mass is 16.5. The predicted molar refractivity (Wildman–Crippen MR) is 123 cm³/mol. The van der Waals surface area contributed by atoms with Gasteiger partial charge in [-0.25, -0.2) is 0 Å². The summed E-state index contributed by atoms with van der Waals surface area (Å²) in [7, 11) is 0. The van der Waals surface area contributed by atoms with Crippen LogP contribution in [0.5, 0.6) is 17.2 Å². The number of carbonyl (C=O) groups is 1. The van der Waals surface area contributed by atoms with E-state index in [2.05, 4.69) is 6.92 Å². The first-order valence-electron chi connectivity index (χ1n) is 12.0. The first-order valence-corrected chi connectivity index (χ1v) is 12.0. The molecular formula is C27H34O5. The fourth-order valence-corrected chi connectivity index (χ4v) is 5.34. The minimum Gasteiger partial charge on any atom is -0.508 e. The largest absolute Gasteiger partial charge is 0.508 e. The Kier molecular flexibility index (Phi) is 7.04. The summed E-state index contributed by atoms with van der Waals surface area (Å²) in [6, 6.07) is 11.0. The summed E-state index contributed by atoms with van der Waals surface area (Å²) in [5, 5.41) is 30.7. The van der Waals surface area contributed by atoms with Gasteiger partial charge in [0.1, 0.15) is 29.1 Å². The molecule has 0 saturated heterocycles. The van der Waals surface area contributed by atoms with Crippen LogP contribution in [0.1, 0.15) is 74.7 Å². The maximum absolute atomic E-state index is 12.1. The van der Waals surface area contributed by atoms with Crippen LogP contribution < -0.4 is 4.74 Å². The van der Waals surface area contributed by atoms with Gasteiger partial charge in [-0.1, -0.05) is 25.5 Å². The molecule has 172 valence electrons. The van der Waals surface area contributed by atoms with Crippen molar-refractivity contribution in [2.45, 2.75) is 76.9 Å². The molecule has 4 atom stereocenters. The van der Waals surface area contributed by atoms with E-state index in [0.717, 1.165) is 61.0 Å². The van der Waals surface area contributed by atoms with Crippen LogP contribution in [-0.2, 0) is 17.6 Å². The molecule has 0 bridgehead atoms. The van der Waals surface area contributed by atoms with Crippen molar-refractivity contribution >= 4 is 5.78 Å². The summed E-state index contributed by atoms with van der Waals surface area (Å²) in [6.07, 6.45) is 6.57. The van der Waals surface area contributed by atoms with Crippen LogP contribution in [0.25, 0.3) is 0 Å². The number of hydrogen-bond donors (Lipinski definition) is 3. The average molecular weight is 439 g/mol. The number of fused-ring (bicyclic) bond motifs is 1. The number of benzene rings is 2. The summed E-state index contributed by atoms with van der Waals surface area (Å²) >= 11 is 0. The Morgan fingerprint density at radius 1 is 1.16 bits per heavy atom. The molecule has 2 aliphatic rings. The molecule has 4 unspecified atom stereocenters. The zero-order valence-corrected chi connectivity index (χ0v) is 18.8. The normalized spacial score (nSPS) is 23.3. The van der Waals surface area contributed by atoms with Crippen molar-refractivity contribution in [1.29, 1.82) is 0 Å². The zero-order valence-electron chi connectivity index (χ0n) is 18.8. The Morgan fingerprint density at radius 3 is 2.75 bits per heavy atom. The summed E-state index contributed by atoms with van der Waals surface area (Å²) in [4.78, 5) is 12.1. The standard InChI is InChI=1S/C27H34O5/c1-2-5-20(28)11-10-19-14-23-24(15-21(29)16-26(23)31)27(19)32-22-8-3-6-17(13-22)12-18-7-4-9-25(18)30/h3,6,8,13,15-16,18-20,27-29,31H,2,4-5,7,9-12,14H2,1H3. The van der Waals surface area contributed by atoms with E-state index >= 15 is 0 Å². The number of ether oxygens (including phenoxy) is 1. The molecule has 2 aliphatic carbocycles. The smallest absolute Gasteiger partial charge is 0.136 e. The van der Waals surface area contributed by atoms with Crippen LogP contribution in [0, 0.1) is 11.8 Å². The number of aliphatic hydroxyl groups is 1. The molecule has 0 heterocycles. The van der Waals surface area contributed by atoms with Gasteiger partial charge in [-0.15, -0.1) is 0 Å². The Morgan fingerprint density at radius 2 is 2.00 bits per heavy atom. The summed E-state index contributed by atoms with van der Waals surface area (Å²) in [5.41, 5.74) is 2.72. The molecule has 0 amide bonds. The topological polar surface area (TPSA) is 87.0 Å². The second kappa shape index (κ2) is 9.95. The molecule has 0 spiro atoms. The van der Waals surface area contributed by atoms with Crippen LogP contribution >= 0.6 is 0 Å². The molecule has 0 aromatic heterocycles. The second-order valence-corrected chi connectivity index (χ2v) is 9.46. The molecule has 2 aromatic rings. The molecule has 5 nitrogen and oxygen atoms in total. The SMILES string of the molecule is CCCC(O)CCC1Cc2c(O)cc(O)cc2C1Oc1cccc(CC2CCCC2=O)c1. The molecule has 1 saturated carbocycles. The van der Waals surface area contributed by atoms with E-state index in [1.54, 1.807) is 6.07 Å². The maximum atomic E-state index is 12.1. The molecule has 32 heavy (non-hydrogen) atoms. The predicted octanol–water partition coefficient (Wildman–Crippen LogP) is 5.24. The second-order valence-electron chi connectivity index (χ2n) is 9.46. The molecule has 0 aliphatic heterocycles. The number of hydrogen-bond acceptors (Lipinski definition) is 5. The van der Waals surface area contributed by atoms with E-state index in [1.165, 1.54) is 6.07 Å². The number of phenolic OH excluding ortho intramolecular Hbond substituents is 2. The van der Waals surface area contributed by atoms with Crippen molar-refractivity contribution in [3.05, 3.63) is 53.1 Å². The third-order valence-corrected chi connectivity index (χ3v) is 7.01. The Labute approximate surface area is 190 Å². The molecular weight excluding hydrogens is 404 g/mol. The zero-order chi connectivity index (χ0) is 22.7. The van der Waals surface area contributed by atoms with Gasteiger partial charge in [0.25, 0.3) is 0 Å². The minimum absolute atomic E-state index is 0.0232. The lowest BCUT2D eigenvalue weighted by atomic mass is 9.94. The quantitative estimate of drug-likeness (QED) is 0.498. The molecule has 5 heteroatoms. The maximum Gasteiger partial charge on any atom is 0.136 e. The molecule has 1 fully saturated rings. The third kappa shape index (κ3) is 5.09. The van der Waals surface area contributed by atoms with E-state index in [1.807, 2.05) is 24.3 Å². The Hall–Kier alpha value is -2.53. The first kappa shape index (κ1) is 22.7. The van der Waals surface area contributed by atoms with Gasteiger partial charge in [-0.3, -0.25) is 4.79 Å². The van der Waals surface area contributed by atoms with Crippen molar-refractivity contribution in [3.8, 4) is 17.2 Å². The van der Waals surface area contributed by atoms with Crippen molar-refractivity contribution < 1.29 is 24.9 Å². The number of aliphatic hydroxyl groups excluding tert-OH is 1. The van der Waals surface area contributed by atoms with Gasteiger partial charge in [0, 0.05) is 35.4 Å². The van der Waals surface area contributed by atoms with Gasteiger partial charge in [0.05, 0.1) is 6.10 Å². The highest BCUT2D eigenvalue weighted by Gasteiger charge is 2.36. The van der Waals surface area contributed by atoms with Crippen LogP contribution in [0.3, 0.4) is 0 Å². The summed E-state index contributed by atoms with van der Waals surface area (Å²) in [6.45, 7) is 2.06. The fraction of sp³-hybridized carbons (Fsp3) is 0.519. The van der Waals surface area contributed by atoms with Gasteiger partial charge in [0.2, 0.25) is 0 Å². The van der Waals surface area contributed by atoms with Crippen molar-refractivity contribution in [2.24, 2.45) is 11.8 Å². The van der Waals surface area contributed by atoms with Crippen LogP contribution in [-0.4, -0.2) is 27.2 Å². The number of ketones is 1. The lowest BCUT2D eigenvalue weighted by molar-refractivity contribution is -0.120. The Bertz CT molecular complexity index is 953. The molecule has 3 N–H and O–H groups in total. The van der Waals surface area contributed by atoms with E-state index in [4.69, 9.17) is 4.74 Å². The molecule has 0 radical (unpaired) electrons. The minimum atomic E-state index is -0.335.